The van der Waals surface area contributed by atoms with Crippen LogP contribution in [0.5, 0.6) is 5.75 Å². The highest BCUT2D eigenvalue weighted by molar-refractivity contribution is 9.10. The largest absolute Gasteiger partial charge is 0.494 e. The fourth-order valence-electron chi connectivity index (χ4n) is 2.35. The lowest BCUT2D eigenvalue weighted by atomic mass is 10.0. The summed E-state index contributed by atoms with van der Waals surface area (Å²) in [4.78, 5) is 8.64. The van der Waals surface area contributed by atoms with Gasteiger partial charge in [0.25, 0.3) is 0 Å². The molecule has 1 heterocycles. The van der Waals surface area contributed by atoms with E-state index in [0.717, 1.165) is 35.4 Å². The van der Waals surface area contributed by atoms with Gasteiger partial charge >= 0.3 is 0 Å². The quantitative estimate of drug-likeness (QED) is 0.407. The van der Waals surface area contributed by atoms with E-state index in [4.69, 9.17) is 4.74 Å². The molecule has 0 amide bonds. The van der Waals surface area contributed by atoms with E-state index in [1.54, 1.807) is 6.20 Å². The van der Waals surface area contributed by atoms with Crippen LogP contribution in [0.25, 0.3) is 11.4 Å². The SMILES string of the molecule is CC(C)=CCCC(C)CCOc1ccc(-c2nccc(Br)n2)cc1. The van der Waals surface area contributed by atoms with Crippen LogP contribution in [-0.4, -0.2) is 16.6 Å². The van der Waals surface area contributed by atoms with Crippen LogP contribution >= 0.6 is 15.9 Å². The lowest BCUT2D eigenvalue weighted by molar-refractivity contribution is 0.279. The highest BCUT2D eigenvalue weighted by Crippen LogP contribution is 2.21. The molecule has 2 aromatic rings. The molecule has 0 radical (unpaired) electrons. The van der Waals surface area contributed by atoms with Crippen LogP contribution in [0.1, 0.15) is 40.0 Å². The van der Waals surface area contributed by atoms with Gasteiger partial charge in [-0.05, 0) is 85.3 Å². The number of hydrogen-bond acceptors (Lipinski definition) is 3. The van der Waals surface area contributed by atoms with Gasteiger partial charge < -0.3 is 4.74 Å². The van der Waals surface area contributed by atoms with E-state index < -0.39 is 0 Å². The van der Waals surface area contributed by atoms with Crippen molar-refractivity contribution >= 4 is 15.9 Å². The molecule has 0 aliphatic carbocycles. The van der Waals surface area contributed by atoms with E-state index in [-0.39, 0.29) is 0 Å². The smallest absolute Gasteiger partial charge is 0.160 e. The Morgan fingerprint density at radius 2 is 1.92 bits per heavy atom. The minimum Gasteiger partial charge on any atom is -0.494 e. The molecule has 0 N–H and O–H groups in total. The molecule has 0 spiro atoms. The van der Waals surface area contributed by atoms with Crippen LogP contribution in [0.3, 0.4) is 0 Å². The second-order valence-electron chi connectivity index (χ2n) is 6.33. The van der Waals surface area contributed by atoms with Gasteiger partial charge in [0.2, 0.25) is 0 Å². The molecule has 0 aliphatic heterocycles. The zero-order valence-corrected chi connectivity index (χ0v) is 16.2. The Bertz CT molecular complexity index is 664. The third-order valence-electron chi connectivity index (χ3n) is 3.83. The molecule has 4 heteroatoms. The monoisotopic (exact) mass is 388 g/mol. The Kier molecular flexibility index (Phi) is 7.44. The Hall–Kier alpha value is -1.68. The molecular formula is C20H25BrN2O. The van der Waals surface area contributed by atoms with E-state index in [9.17, 15) is 0 Å². The van der Waals surface area contributed by atoms with Crippen LogP contribution in [0.2, 0.25) is 0 Å². The molecule has 2 rings (SSSR count). The molecule has 1 unspecified atom stereocenters. The summed E-state index contributed by atoms with van der Waals surface area (Å²) >= 11 is 3.37. The number of benzene rings is 1. The van der Waals surface area contributed by atoms with Gasteiger partial charge in [-0.1, -0.05) is 18.6 Å². The summed E-state index contributed by atoms with van der Waals surface area (Å²) in [6, 6.07) is 9.77. The molecule has 1 atom stereocenters. The second kappa shape index (κ2) is 9.58. The molecule has 0 fully saturated rings. The first-order valence-corrected chi connectivity index (χ1v) is 9.19. The van der Waals surface area contributed by atoms with Crippen LogP contribution in [-0.2, 0) is 0 Å². The van der Waals surface area contributed by atoms with Crippen LogP contribution in [0, 0.1) is 5.92 Å². The molecule has 1 aromatic heterocycles. The molecule has 0 bridgehead atoms. The summed E-state index contributed by atoms with van der Waals surface area (Å²) in [5, 5.41) is 0. The minimum atomic E-state index is 0.676. The maximum Gasteiger partial charge on any atom is 0.160 e. The van der Waals surface area contributed by atoms with Crippen LogP contribution in [0.15, 0.2) is 52.8 Å². The molecule has 0 aliphatic rings. The first kappa shape index (κ1) is 18.7. The predicted molar refractivity (Wildman–Crippen MR) is 103 cm³/mol. The molecule has 24 heavy (non-hydrogen) atoms. The van der Waals surface area contributed by atoms with Gasteiger partial charge in [0, 0.05) is 11.8 Å². The normalized spacial score (nSPS) is 11.8. The third-order valence-corrected chi connectivity index (χ3v) is 4.27. The topological polar surface area (TPSA) is 35.0 Å². The van der Waals surface area contributed by atoms with Crippen molar-refractivity contribution in [2.45, 2.75) is 40.0 Å². The van der Waals surface area contributed by atoms with Crippen molar-refractivity contribution in [1.82, 2.24) is 9.97 Å². The van der Waals surface area contributed by atoms with Gasteiger partial charge in [-0.2, -0.15) is 0 Å². The van der Waals surface area contributed by atoms with Gasteiger partial charge in [0.05, 0.1) is 6.61 Å². The first-order valence-electron chi connectivity index (χ1n) is 8.39. The van der Waals surface area contributed by atoms with Crippen molar-refractivity contribution in [3.8, 4) is 17.1 Å². The number of hydrogen-bond donors (Lipinski definition) is 0. The van der Waals surface area contributed by atoms with E-state index in [0.29, 0.717) is 11.7 Å². The lowest BCUT2D eigenvalue weighted by Gasteiger charge is -2.12. The number of ether oxygens (including phenoxy) is 1. The average molecular weight is 389 g/mol. The summed E-state index contributed by atoms with van der Waals surface area (Å²) in [6.45, 7) is 7.34. The highest BCUT2D eigenvalue weighted by Gasteiger charge is 2.04. The van der Waals surface area contributed by atoms with Gasteiger partial charge in [0.15, 0.2) is 5.82 Å². The Balaban J connectivity index is 1.79. The summed E-state index contributed by atoms with van der Waals surface area (Å²) < 4.78 is 6.64. The summed E-state index contributed by atoms with van der Waals surface area (Å²) in [7, 11) is 0. The Morgan fingerprint density at radius 1 is 1.17 bits per heavy atom. The molecule has 0 saturated carbocycles. The number of aromatic nitrogens is 2. The fraction of sp³-hybridized carbons (Fsp3) is 0.400. The van der Waals surface area contributed by atoms with E-state index in [2.05, 4.69) is 52.7 Å². The second-order valence-corrected chi connectivity index (χ2v) is 7.14. The van der Waals surface area contributed by atoms with Gasteiger partial charge in [0.1, 0.15) is 10.4 Å². The zero-order valence-electron chi connectivity index (χ0n) is 14.6. The maximum atomic E-state index is 5.85. The van der Waals surface area contributed by atoms with E-state index >= 15 is 0 Å². The molecule has 128 valence electrons. The summed E-state index contributed by atoms with van der Waals surface area (Å²) in [6.07, 6.45) is 7.50. The Labute approximate surface area is 153 Å². The number of nitrogens with zero attached hydrogens (tertiary/aromatic N) is 2. The average Bonchev–Trinajstić information content (AvgIpc) is 2.55. The first-order chi connectivity index (χ1) is 11.5. The van der Waals surface area contributed by atoms with Crippen LogP contribution in [0.4, 0.5) is 0 Å². The standard InChI is InChI=1S/C20H25BrN2O/c1-15(2)5-4-6-16(3)12-14-24-18-9-7-17(8-10-18)20-22-13-11-19(21)23-20/h5,7-11,13,16H,4,6,12,14H2,1-3H3. The molecule has 1 aromatic carbocycles. The van der Waals surface area contributed by atoms with Gasteiger partial charge in [-0.25, -0.2) is 9.97 Å². The number of halogens is 1. The Morgan fingerprint density at radius 3 is 2.58 bits per heavy atom. The van der Waals surface area contributed by atoms with Crippen molar-refractivity contribution in [3.05, 3.63) is 52.8 Å². The van der Waals surface area contributed by atoms with E-state index in [1.165, 1.54) is 12.0 Å². The predicted octanol–water partition coefficient (Wildman–Crippen LogP) is 6.06. The van der Waals surface area contributed by atoms with Gasteiger partial charge in [-0.3, -0.25) is 0 Å². The number of rotatable bonds is 8. The number of allylic oxidation sites excluding steroid dienone is 2. The van der Waals surface area contributed by atoms with Crippen molar-refractivity contribution in [1.29, 1.82) is 0 Å². The lowest BCUT2D eigenvalue weighted by Crippen LogP contribution is -2.04. The highest BCUT2D eigenvalue weighted by atomic mass is 79.9. The molecule has 3 nitrogen and oxygen atoms in total. The maximum absolute atomic E-state index is 5.85. The van der Waals surface area contributed by atoms with Crippen molar-refractivity contribution < 1.29 is 4.74 Å². The van der Waals surface area contributed by atoms with Crippen molar-refractivity contribution in [3.63, 3.8) is 0 Å². The summed E-state index contributed by atoms with van der Waals surface area (Å²) in [5.74, 6) is 2.28. The summed E-state index contributed by atoms with van der Waals surface area (Å²) in [5.41, 5.74) is 2.38. The minimum absolute atomic E-state index is 0.676. The zero-order chi connectivity index (χ0) is 17.4. The van der Waals surface area contributed by atoms with Crippen molar-refractivity contribution in [2.75, 3.05) is 6.61 Å². The van der Waals surface area contributed by atoms with Crippen LogP contribution < -0.4 is 4.74 Å². The molecular weight excluding hydrogens is 364 g/mol. The van der Waals surface area contributed by atoms with Gasteiger partial charge in [-0.15, -0.1) is 0 Å². The van der Waals surface area contributed by atoms with E-state index in [1.807, 2.05) is 30.3 Å². The fourth-order valence-corrected chi connectivity index (χ4v) is 2.64. The third kappa shape index (κ3) is 6.44. The molecule has 0 saturated heterocycles. The van der Waals surface area contributed by atoms with Crippen molar-refractivity contribution in [2.24, 2.45) is 5.92 Å².